The molecule has 0 heterocycles. The van der Waals surface area contributed by atoms with Gasteiger partial charge in [0.15, 0.2) is 0 Å². The van der Waals surface area contributed by atoms with Crippen LogP contribution in [0.25, 0.3) is 10.8 Å². The fourth-order valence-corrected chi connectivity index (χ4v) is 3.10. The van der Waals surface area contributed by atoms with Crippen LogP contribution in [0.1, 0.15) is 32.7 Å². The van der Waals surface area contributed by atoms with Crippen molar-refractivity contribution >= 4 is 34.2 Å². The highest BCUT2D eigenvalue weighted by atomic mass is 16.7. The van der Waals surface area contributed by atoms with E-state index in [1.165, 1.54) is 13.2 Å². The molecule has 3 aromatic rings. The minimum absolute atomic E-state index is 0.0565. The molecule has 30 heavy (non-hydrogen) atoms. The molecule has 3 rings (SSSR count). The van der Waals surface area contributed by atoms with Gasteiger partial charge >= 0.3 is 5.97 Å². The maximum Gasteiger partial charge on any atom is 0.337 e. The van der Waals surface area contributed by atoms with E-state index < -0.39 is 5.97 Å². The molecule has 2 N–H and O–H groups in total. The number of nitrogens with one attached hydrogen (secondary N) is 1. The Labute approximate surface area is 173 Å². The number of benzene rings is 3. The van der Waals surface area contributed by atoms with Crippen molar-refractivity contribution in [2.45, 2.75) is 12.8 Å². The molecule has 154 valence electrons. The van der Waals surface area contributed by atoms with E-state index in [-0.39, 0.29) is 29.5 Å². The molecule has 0 aliphatic carbocycles. The Balaban J connectivity index is 1.67. The first-order valence-corrected chi connectivity index (χ1v) is 9.36. The molecule has 0 fully saturated rings. The fraction of sp³-hybridized carbons (Fsp3) is 0.174. The zero-order valence-electron chi connectivity index (χ0n) is 16.7. The average molecular weight is 406 g/mol. The smallest absolute Gasteiger partial charge is 0.337 e. The van der Waals surface area contributed by atoms with Gasteiger partial charge in [-0.1, -0.05) is 36.4 Å². The van der Waals surface area contributed by atoms with Crippen molar-refractivity contribution in [1.82, 2.24) is 5.06 Å². The number of para-hydroxylation sites is 1. The summed E-state index contributed by atoms with van der Waals surface area (Å²) in [5, 5.41) is 14.9. The molecule has 0 radical (unpaired) electrons. The van der Waals surface area contributed by atoms with Crippen LogP contribution < -0.4 is 5.32 Å². The lowest BCUT2D eigenvalue weighted by molar-refractivity contribution is -0.116. The number of aromatic carboxylic acids is 1. The summed E-state index contributed by atoms with van der Waals surface area (Å²) < 4.78 is 0. The third-order valence-corrected chi connectivity index (χ3v) is 4.78. The third kappa shape index (κ3) is 4.82. The molecule has 0 aliphatic heterocycles. The predicted molar refractivity (Wildman–Crippen MR) is 113 cm³/mol. The lowest BCUT2D eigenvalue weighted by Gasteiger charge is -2.14. The molecule has 0 unspecified atom stereocenters. The largest absolute Gasteiger partial charge is 0.478 e. The fourth-order valence-electron chi connectivity index (χ4n) is 3.10. The van der Waals surface area contributed by atoms with E-state index in [1.807, 2.05) is 24.3 Å². The standard InChI is InChI=1S/C23H22N2O5/c1-25(30-2)22(27)18-11-10-16-13-15(7-9-17(16)14-18)8-12-21(26)24-20-6-4-3-5-19(20)23(28)29/h3-7,9-11,13-14H,8,12H2,1-2H3,(H,24,26)(H,28,29). The van der Waals surface area contributed by atoms with Crippen molar-refractivity contribution in [2.24, 2.45) is 0 Å². The monoisotopic (exact) mass is 406 g/mol. The summed E-state index contributed by atoms with van der Waals surface area (Å²) in [5.41, 5.74) is 1.83. The lowest BCUT2D eigenvalue weighted by atomic mass is 10.0. The highest BCUT2D eigenvalue weighted by Crippen LogP contribution is 2.20. The summed E-state index contributed by atoms with van der Waals surface area (Å²) >= 11 is 0. The minimum Gasteiger partial charge on any atom is -0.478 e. The van der Waals surface area contributed by atoms with Crippen LogP contribution in [0.3, 0.4) is 0 Å². The molecule has 0 saturated carbocycles. The molecule has 0 bridgehead atoms. The number of anilines is 1. The van der Waals surface area contributed by atoms with Crippen LogP contribution in [0.4, 0.5) is 5.69 Å². The zero-order valence-corrected chi connectivity index (χ0v) is 16.7. The van der Waals surface area contributed by atoms with Gasteiger partial charge in [0.1, 0.15) is 0 Å². The summed E-state index contributed by atoms with van der Waals surface area (Å²) in [5.74, 6) is -1.58. The summed E-state index contributed by atoms with van der Waals surface area (Å²) in [7, 11) is 2.98. The summed E-state index contributed by atoms with van der Waals surface area (Å²) in [6.45, 7) is 0. The van der Waals surface area contributed by atoms with Gasteiger partial charge in [0.2, 0.25) is 5.91 Å². The number of carboxylic acids is 1. The van der Waals surface area contributed by atoms with E-state index in [0.717, 1.165) is 21.4 Å². The maximum absolute atomic E-state index is 12.3. The van der Waals surface area contributed by atoms with Crippen LogP contribution in [-0.4, -0.2) is 42.1 Å². The Morgan fingerprint density at radius 1 is 1.00 bits per heavy atom. The first-order valence-electron chi connectivity index (χ1n) is 9.36. The number of carbonyl (C=O) groups is 3. The average Bonchev–Trinajstić information content (AvgIpc) is 2.76. The van der Waals surface area contributed by atoms with Crippen molar-refractivity contribution in [3.8, 4) is 0 Å². The van der Waals surface area contributed by atoms with Gasteiger partial charge in [-0.3, -0.25) is 14.4 Å². The van der Waals surface area contributed by atoms with E-state index in [0.29, 0.717) is 12.0 Å². The van der Waals surface area contributed by atoms with Gasteiger partial charge in [-0.15, -0.1) is 0 Å². The van der Waals surface area contributed by atoms with Crippen molar-refractivity contribution in [3.63, 3.8) is 0 Å². The highest BCUT2D eigenvalue weighted by molar-refractivity contribution is 6.00. The lowest BCUT2D eigenvalue weighted by Crippen LogP contribution is -2.25. The van der Waals surface area contributed by atoms with Crippen molar-refractivity contribution < 1.29 is 24.3 Å². The number of rotatable bonds is 7. The number of hydroxylamine groups is 2. The second-order valence-corrected chi connectivity index (χ2v) is 6.78. The van der Waals surface area contributed by atoms with Crippen LogP contribution >= 0.6 is 0 Å². The molecular formula is C23H22N2O5. The first kappa shape index (κ1) is 21.0. The first-order chi connectivity index (χ1) is 14.4. The topological polar surface area (TPSA) is 95.9 Å². The predicted octanol–water partition coefficient (Wildman–Crippen LogP) is 3.74. The SMILES string of the molecule is CON(C)C(=O)c1ccc2cc(CCC(=O)Nc3ccccc3C(=O)O)ccc2c1. The van der Waals surface area contributed by atoms with Gasteiger partial charge in [0.25, 0.3) is 5.91 Å². The number of amides is 2. The van der Waals surface area contributed by atoms with Crippen molar-refractivity contribution in [2.75, 3.05) is 19.5 Å². The summed E-state index contributed by atoms with van der Waals surface area (Å²) in [6.07, 6.45) is 0.721. The van der Waals surface area contributed by atoms with Gasteiger partial charge in [-0.2, -0.15) is 0 Å². The van der Waals surface area contributed by atoms with Gasteiger partial charge in [0, 0.05) is 19.0 Å². The Hall–Kier alpha value is -3.71. The molecule has 0 aromatic heterocycles. The number of hydrogen-bond acceptors (Lipinski definition) is 4. The van der Waals surface area contributed by atoms with E-state index in [2.05, 4.69) is 5.32 Å². The van der Waals surface area contributed by atoms with Crippen LogP contribution in [-0.2, 0) is 16.1 Å². The van der Waals surface area contributed by atoms with Crippen LogP contribution in [0.15, 0.2) is 60.7 Å². The second-order valence-electron chi connectivity index (χ2n) is 6.78. The van der Waals surface area contributed by atoms with Gasteiger partial charge in [0.05, 0.1) is 18.4 Å². The molecule has 7 heteroatoms. The van der Waals surface area contributed by atoms with Crippen molar-refractivity contribution in [3.05, 3.63) is 77.4 Å². The number of carbonyl (C=O) groups excluding carboxylic acids is 2. The second kappa shape index (κ2) is 9.19. The van der Waals surface area contributed by atoms with Gasteiger partial charge in [-0.25, -0.2) is 9.86 Å². The Morgan fingerprint density at radius 2 is 1.70 bits per heavy atom. The quantitative estimate of drug-likeness (QED) is 0.583. The number of hydrogen-bond donors (Lipinski definition) is 2. The Morgan fingerprint density at radius 3 is 2.43 bits per heavy atom. The van der Waals surface area contributed by atoms with E-state index >= 15 is 0 Å². The normalized spacial score (nSPS) is 10.6. The summed E-state index contributed by atoms with van der Waals surface area (Å²) in [6, 6.07) is 17.5. The molecule has 0 saturated heterocycles. The van der Waals surface area contributed by atoms with Gasteiger partial charge < -0.3 is 10.4 Å². The molecule has 0 spiro atoms. The molecule has 3 aromatic carbocycles. The number of nitrogens with zero attached hydrogens (tertiary/aromatic N) is 1. The maximum atomic E-state index is 12.3. The molecule has 2 amide bonds. The van der Waals surface area contributed by atoms with Crippen molar-refractivity contribution in [1.29, 1.82) is 0 Å². The van der Waals surface area contributed by atoms with E-state index in [4.69, 9.17) is 4.84 Å². The molecule has 0 atom stereocenters. The Kier molecular flexibility index (Phi) is 6.44. The van der Waals surface area contributed by atoms with E-state index in [1.54, 1.807) is 37.4 Å². The highest BCUT2D eigenvalue weighted by Gasteiger charge is 2.13. The number of aryl methyl sites for hydroxylation is 1. The van der Waals surface area contributed by atoms with Gasteiger partial charge in [-0.05, 0) is 47.0 Å². The zero-order chi connectivity index (χ0) is 21.7. The van der Waals surface area contributed by atoms with E-state index in [9.17, 15) is 19.5 Å². The summed E-state index contributed by atoms with van der Waals surface area (Å²) in [4.78, 5) is 40.7. The number of carboxylic acid groups (broad SMARTS) is 1. The van der Waals surface area contributed by atoms with Crippen LogP contribution in [0.2, 0.25) is 0 Å². The molecule has 0 aliphatic rings. The minimum atomic E-state index is -1.09. The Bertz CT molecular complexity index is 1110. The van der Waals surface area contributed by atoms with Crippen LogP contribution in [0, 0.1) is 0 Å². The third-order valence-electron chi connectivity index (χ3n) is 4.78. The number of fused-ring (bicyclic) bond motifs is 1. The molecule has 7 nitrogen and oxygen atoms in total. The van der Waals surface area contributed by atoms with Crippen LogP contribution in [0.5, 0.6) is 0 Å². The molecular weight excluding hydrogens is 384 g/mol.